The van der Waals surface area contributed by atoms with Crippen LogP contribution in [0.15, 0.2) is 46.9 Å². The Labute approximate surface area is 176 Å². The van der Waals surface area contributed by atoms with Crippen molar-refractivity contribution in [3.05, 3.63) is 68.2 Å². The number of hydrogen-bond acceptors (Lipinski definition) is 3. The van der Waals surface area contributed by atoms with Crippen molar-refractivity contribution in [2.45, 2.75) is 20.3 Å². The maximum Gasteiger partial charge on any atom is 0.359 e. The molecule has 7 heteroatoms. The molecule has 0 aliphatic heterocycles. The highest BCUT2D eigenvalue weighted by atomic mass is 79.9. The Bertz CT molecular complexity index is 984. The molecule has 0 N–H and O–H groups in total. The van der Waals surface area contributed by atoms with Crippen molar-refractivity contribution in [1.29, 1.82) is 0 Å². The summed E-state index contributed by atoms with van der Waals surface area (Å²) in [5, 5.41) is 5.54. The topological polar surface area (TPSA) is 44.1 Å². The van der Waals surface area contributed by atoms with Crippen molar-refractivity contribution in [2.75, 3.05) is 6.61 Å². The minimum Gasteiger partial charge on any atom is -0.461 e. The molecule has 0 saturated heterocycles. The zero-order chi connectivity index (χ0) is 19.6. The molecule has 27 heavy (non-hydrogen) atoms. The van der Waals surface area contributed by atoms with Crippen molar-refractivity contribution in [3.63, 3.8) is 0 Å². The largest absolute Gasteiger partial charge is 0.461 e. The van der Waals surface area contributed by atoms with E-state index in [2.05, 4.69) is 21.0 Å². The fraction of sp³-hybridized carbons (Fsp3) is 0.200. The first kappa shape index (κ1) is 19.9. The highest BCUT2D eigenvalue weighted by Gasteiger charge is 2.25. The van der Waals surface area contributed by atoms with Gasteiger partial charge in [-0.25, -0.2) is 9.48 Å². The standard InChI is InChI=1S/C20H17BrCl2N2O2/c1-3-15-18(20(26)27-4-2)24-25(17-10-9-14(22)11-16(17)23)19(15)12-5-7-13(21)8-6-12/h5-11H,3-4H2,1-2H3. The van der Waals surface area contributed by atoms with E-state index >= 15 is 0 Å². The molecule has 2 aromatic carbocycles. The fourth-order valence-electron chi connectivity index (χ4n) is 2.88. The molecule has 0 spiro atoms. The minimum atomic E-state index is -0.448. The maximum atomic E-state index is 12.5. The number of halogens is 3. The molecule has 3 rings (SSSR count). The zero-order valence-electron chi connectivity index (χ0n) is 14.8. The molecule has 0 radical (unpaired) electrons. The molecular formula is C20H17BrCl2N2O2. The van der Waals surface area contributed by atoms with Crippen LogP contribution in [0.4, 0.5) is 0 Å². The van der Waals surface area contributed by atoms with Gasteiger partial charge in [0.25, 0.3) is 0 Å². The smallest absolute Gasteiger partial charge is 0.359 e. The second-order valence-corrected chi connectivity index (χ2v) is 7.52. The average molecular weight is 468 g/mol. The van der Waals surface area contributed by atoms with E-state index in [0.717, 1.165) is 21.3 Å². The third-order valence-electron chi connectivity index (χ3n) is 4.06. The Kier molecular flexibility index (Phi) is 6.25. The third-order valence-corrected chi connectivity index (χ3v) is 5.13. The summed E-state index contributed by atoms with van der Waals surface area (Å²) in [6.45, 7) is 4.03. The highest BCUT2D eigenvalue weighted by Crippen LogP contribution is 2.34. The van der Waals surface area contributed by atoms with Crippen molar-refractivity contribution < 1.29 is 9.53 Å². The lowest BCUT2D eigenvalue weighted by atomic mass is 10.0. The number of carbonyl (C=O) groups excluding carboxylic acids is 1. The van der Waals surface area contributed by atoms with Gasteiger partial charge in [-0.1, -0.05) is 58.2 Å². The number of nitrogens with zero attached hydrogens (tertiary/aromatic N) is 2. The van der Waals surface area contributed by atoms with E-state index in [4.69, 9.17) is 27.9 Å². The number of carbonyl (C=O) groups is 1. The first-order valence-corrected chi connectivity index (χ1v) is 10.0. The summed E-state index contributed by atoms with van der Waals surface area (Å²) in [4.78, 5) is 12.5. The summed E-state index contributed by atoms with van der Waals surface area (Å²) in [6, 6.07) is 13.0. The Balaban J connectivity index is 2.30. The van der Waals surface area contributed by atoms with Crippen LogP contribution in [0.3, 0.4) is 0 Å². The average Bonchev–Trinajstić information content (AvgIpc) is 3.02. The summed E-state index contributed by atoms with van der Waals surface area (Å²) >= 11 is 15.9. The summed E-state index contributed by atoms with van der Waals surface area (Å²) in [6.07, 6.45) is 0.616. The summed E-state index contributed by atoms with van der Waals surface area (Å²) in [5.41, 5.74) is 3.47. The van der Waals surface area contributed by atoms with Crippen LogP contribution in [0.2, 0.25) is 10.0 Å². The Morgan fingerprint density at radius 3 is 2.44 bits per heavy atom. The molecule has 0 amide bonds. The number of esters is 1. The van der Waals surface area contributed by atoms with E-state index < -0.39 is 5.97 Å². The molecule has 0 unspecified atom stereocenters. The van der Waals surface area contributed by atoms with Crippen LogP contribution in [0, 0.1) is 0 Å². The van der Waals surface area contributed by atoms with Gasteiger partial charge in [-0.2, -0.15) is 5.10 Å². The van der Waals surface area contributed by atoms with Crippen molar-refractivity contribution >= 4 is 45.1 Å². The van der Waals surface area contributed by atoms with E-state index in [0.29, 0.717) is 27.8 Å². The van der Waals surface area contributed by atoms with E-state index in [-0.39, 0.29) is 6.61 Å². The van der Waals surface area contributed by atoms with Gasteiger partial charge in [-0.15, -0.1) is 0 Å². The lowest BCUT2D eigenvalue weighted by molar-refractivity contribution is 0.0517. The second-order valence-electron chi connectivity index (χ2n) is 5.76. The molecular weight excluding hydrogens is 451 g/mol. The van der Waals surface area contributed by atoms with Crippen LogP contribution in [0.25, 0.3) is 16.9 Å². The number of rotatable bonds is 5. The summed E-state index contributed by atoms with van der Waals surface area (Å²) in [5.74, 6) is -0.448. The predicted molar refractivity (Wildman–Crippen MR) is 112 cm³/mol. The van der Waals surface area contributed by atoms with Crippen LogP contribution in [0.5, 0.6) is 0 Å². The van der Waals surface area contributed by atoms with E-state index in [1.54, 1.807) is 29.8 Å². The molecule has 0 bridgehead atoms. The Morgan fingerprint density at radius 1 is 1.15 bits per heavy atom. The van der Waals surface area contributed by atoms with Gasteiger partial charge in [0, 0.05) is 20.6 Å². The molecule has 140 valence electrons. The van der Waals surface area contributed by atoms with Crippen LogP contribution in [-0.4, -0.2) is 22.4 Å². The molecule has 0 atom stereocenters. The van der Waals surface area contributed by atoms with Crippen LogP contribution < -0.4 is 0 Å². The molecule has 1 aromatic heterocycles. The normalized spacial score (nSPS) is 10.9. The van der Waals surface area contributed by atoms with E-state index in [1.165, 1.54) is 0 Å². The van der Waals surface area contributed by atoms with Crippen LogP contribution in [0.1, 0.15) is 29.9 Å². The van der Waals surface area contributed by atoms with E-state index in [1.807, 2.05) is 31.2 Å². The monoisotopic (exact) mass is 466 g/mol. The van der Waals surface area contributed by atoms with Gasteiger partial charge in [-0.3, -0.25) is 0 Å². The molecule has 3 aromatic rings. The Morgan fingerprint density at radius 2 is 1.85 bits per heavy atom. The van der Waals surface area contributed by atoms with Crippen molar-refractivity contribution in [3.8, 4) is 16.9 Å². The number of aromatic nitrogens is 2. The van der Waals surface area contributed by atoms with Gasteiger partial charge in [0.2, 0.25) is 0 Å². The van der Waals surface area contributed by atoms with Gasteiger partial charge >= 0.3 is 5.97 Å². The number of benzene rings is 2. The van der Waals surface area contributed by atoms with E-state index in [9.17, 15) is 4.79 Å². The quantitative estimate of drug-likeness (QED) is 0.410. The van der Waals surface area contributed by atoms with Gasteiger partial charge in [0.15, 0.2) is 5.69 Å². The first-order chi connectivity index (χ1) is 13.0. The molecule has 0 saturated carbocycles. The zero-order valence-corrected chi connectivity index (χ0v) is 17.9. The molecule has 1 heterocycles. The lowest BCUT2D eigenvalue weighted by Gasteiger charge is -2.11. The van der Waals surface area contributed by atoms with Crippen LogP contribution >= 0.6 is 39.1 Å². The van der Waals surface area contributed by atoms with Gasteiger partial charge in [0.1, 0.15) is 0 Å². The van der Waals surface area contributed by atoms with Gasteiger partial charge < -0.3 is 4.74 Å². The van der Waals surface area contributed by atoms with Crippen molar-refractivity contribution in [2.24, 2.45) is 0 Å². The van der Waals surface area contributed by atoms with Crippen molar-refractivity contribution in [1.82, 2.24) is 9.78 Å². The fourth-order valence-corrected chi connectivity index (χ4v) is 3.63. The Hall–Kier alpha value is -1.82. The molecule has 0 fully saturated rings. The number of ether oxygens (including phenoxy) is 1. The molecule has 0 aliphatic carbocycles. The number of hydrogen-bond donors (Lipinski definition) is 0. The predicted octanol–water partition coefficient (Wildman–Crippen LogP) is 6.35. The first-order valence-electron chi connectivity index (χ1n) is 8.46. The second kappa shape index (κ2) is 8.46. The maximum absolute atomic E-state index is 12.5. The van der Waals surface area contributed by atoms with Gasteiger partial charge in [-0.05, 0) is 43.7 Å². The third kappa shape index (κ3) is 4.05. The molecule has 0 aliphatic rings. The molecule has 4 nitrogen and oxygen atoms in total. The SMILES string of the molecule is CCOC(=O)c1nn(-c2ccc(Cl)cc2Cl)c(-c2ccc(Br)cc2)c1CC. The highest BCUT2D eigenvalue weighted by molar-refractivity contribution is 9.10. The van der Waals surface area contributed by atoms with Crippen LogP contribution in [-0.2, 0) is 11.2 Å². The van der Waals surface area contributed by atoms with Gasteiger partial charge in [0.05, 0.1) is 23.0 Å². The lowest BCUT2D eigenvalue weighted by Crippen LogP contribution is -2.08. The summed E-state index contributed by atoms with van der Waals surface area (Å²) < 4.78 is 7.85. The summed E-state index contributed by atoms with van der Waals surface area (Å²) in [7, 11) is 0. The minimum absolute atomic E-state index is 0.282.